The summed E-state index contributed by atoms with van der Waals surface area (Å²) in [7, 11) is -4.12. The Hall–Kier alpha value is -2.96. The van der Waals surface area contributed by atoms with Crippen LogP contribution < -0.4 is 15.8 Å². The second-order valence-corrected chi connectivity index (χ2v) is 12.9. The van der Waals surface area contributed by atoms with Crippen LogP contribution in [0.15, 0.2) is 47.4 Å². The van der Waals surface area contributed by atoms with E-state index in [0.717, 1.165) is 0 Å². The fourth-order valence-electron chi connectivity index (χ4n) is 4.63. The largest absolute Gasteiger partial charge is 0.463 e. The monoisotopic (exact) mass is 614 g/mol. The number of esters is 1. The van der Waals surface area contributed by atoms with E-state index in [4.69, 9.17) is 35.9 Å². The summed E-state index contributed by atoms with van der Waals surface area (Å²) in [6, 6.07) is 9.65. The summed E-state index contributed by atoms with van der Waals surface area (Å²) in [5.41, 5.74) is 5.24. The fraction of sp³-hybridized carbons (Fsp3) is 0.500. The number of nitrogens with zero attached hydrogens (tertiary/aromatic N) is 2. The molecule has 4 rings (SSSR count). The molecule has 0 aliphatic carbocycles. The van der Waals surface area contributed by atoms with E-state index in [1.165, 1.54) is 30.7 Å². The molecule has 2 aromatic heterocycles. The molecule has 1 saturated heterocycles. The Balaban J connectivity index is 1.63. The van der Waals surface area contributed by atoms with E-state index >= 15 is 0 Å². The van der Waals surface area contributed by atoms with Crippen molar-refractivity contribution >= 4 is 42.1 Å². The van der Waals surface area contributed by atoms with Gasteiger partial charge in [0.25, 0.3) is 5.56 Å². The highest BCUT2D eigenvalue weighted by atomic mass is 35.5. The first kappa shape index (κ1) is 31.0. The molecular formula is C26H33ClFN4O8P. The molecule has 41 heavy (non-hydrogen) atoms. The van der Waals surface area contributed by atoms with Gasteiger partial charge in [-0.3, -0.25) is 19.1 Å². The highest BCUT2D eigenvalue weighted by Gasteiger charge is 2.59. The number of hydrogen-bond acceptors (Lipinski definition) is 10. The summed E-state index contributed by atoms with van der Waals surface area (Å²) in [6.45, 7) is 5.13. The summed E-state index contributed by atoms with van der Waals surface area (Å²) in [5.74, 6) is -1.43. The van der Waals surface area contributed by atoms with Crippen LogP contribution in [0, 0.1) is 5.92 Å². The van der Waals surface area contributed by atoms with Crippen LogP contribution in [0.5, 0.6) is 5.75 Å². The number of aliphatic hydroxyl groups is 1. The van der Waals surface area contributed by atoms with Crippen molar-refractivity contribution in [1.82, 2.24) is 14.5 Å². The summed E-state index contributed by atoms with van der Waals surface area (Å²) in [5, 5.41) is 11.3. The number of halogens is 2. The Morgan fingerprint density at radius 1 is 1.29 bits per heavy atom. The van der Waals surface area contributed by atoms with Gasteiger partial charge >= 0.3 is 13.6 Å². The molecule has 1 fully saturated rings. The van der Waals surface area contributed by atoms with Crippen LogP contribution in [0.1, 0.15) is 33.9 Å². The second-order valence-electron chi connectivity index (χ2n) is 10.3. The minimum absolute atomic E-state index is 0.0618. The quantitative estimate of drug-likeness (QED) is 0.164. The first-order valence-corrected chi connectivity index (χ1v) is 15.1. The maximum absolute atomic E-state index is 14.5. The molecule has 1 unspecified atom stereocenters. The van der Waals surface area contributed by atoms with Crippen LogP contribution in [-0.2, 0) is 23.4 Å². The number of para-hydroxylation sites is 1. The van der Waals surface area contributed by atoms with Crippen LogP contribution in [0.4, 0.5) is 10.3 Å². The Labute approximate surface area is 240 Å². The minimum atomic E-state index is -4.12. The van der Waals surface area contributed by atoms with Gasteiger partial charge < -0.3 is 29.4 Å². The number of nitrogen functional groups attached to an aromatic ring is 1. The van der Waals surface area contributed by atoms with Crippen LogP contribution >= 0.6 is 19.2 Å². The van der Waals surface area contributed by atoms with Crippen molar-refractivity contribution in [2.24, 2.45) is 5.92 Å². The third kappa shape index (κ3) is 6.44. The molecule has 0 radical (unpaired) electrons. The van der Waals surface area contributed by atoms with Gasteiger partial charge in [-0.15, -0.1) is 11.6 Å². The number of rotatable bonds is 11. The van der Waals surface area contributed by atoms with Crippen LogP contribution in [0.2, 0.25) is 0 Å². The van der Waals surface area contributed by atoms with Crippen molar-refractivity contribution in [3.05, 3.63) is 52.9 Å². The first-order valence-electron chi connectivity index (χ1n) is 13.0. The SMILES string of the molecule is CC(C)OC(=O)[C@H](C)C[P@@](=O)(Oc1ccccc1)O[C@H](C)[C@H]1O[C@@H](n2ccc3c(=O)[nH]c(N)nc32)C(Cl)(CF)[C@H]1O. The van der Waals surface area contributed by atoms with Crippen LogP contribution in [0.3, 0.4) is 0 Å². The number of carbonyl (C=O) groups excluding carboxylic acids is 1. The molecule has 7 atom stereocenters. The summed E-state index contributed by atoms with van der Waals surface area (Å²) in [6.07, 6.45) is -4.84. The van der Waals surface area contributed by atoms with E-state index in [1.54, 1.807) is 44.2 Å². The molecule has 0 bridgehead atoms. The van der Waals surface area contributed by atoms with Gasteiger partial charge in [0, 0.05) is 6.20 Å². The zero-order valence-corrected chi connectivity index (χ0v) is 24.5. The lowest BCUT2D eigenvalue weighted by molar-refractivity contribution is -0.151. The Kier molecular flexibility index (Phi) is 9.15. The molecule has 0 spiro atoms. The normalized spacial score (nSPS) is 25.6. The van der Waals surface area contributed by atoms with Crippen molar-refractivity contribution in [3.8, 4) is 5.75 Å². The number of benzene rings is 1. The van der Waals surface area contributed by atoms with Crippen molar-refractivity contribution in [3.63, 3.8) is 0 Å². The van der Waals surface area contributed by atoms with Gasteiger partial charge in [0.2, 0.25) is 5.95 Å². The van der Waals surface area contributed by atoms with E-state index < -0.39 is 61.1 Å². The number of nitrogens with two attached hydrogens (primary N) is 1. The Morgan fingerprint density at radius 2 is 1.98 bits per heavy atom. The first-order chi connectivity index (χ1) is 19.3. The number of anilines is 1. The van der Waals surface area contributed by atoms with Gasteiger partial charge in [-0.1, -0.05) is 25.1 Å². The average molecular weight is 615 g/mol. The average Bonchev–Trinajstić information content (AvgIpc) is 3.42. The predicted molar refractivity (Wildman–Crippen MR) is 150 cm³/mol. The molecule has 3 aromatic rings. The number of alkyl halides is 2. The van der Waals surface area contributed by atoms with E-state index in [1.807, 2.05) is 0 Å². The van der Waals surface area contributed by atoms with E-state index in [2.05, 4.69) is 9.97 Å². The van der Waals surface area contributed by atoms with Gasteiger partial charge in [0.15, 0.2) is 11.9 Å². The third-order valence-electron chi connectivity index (χ3n) is 6.59. The lowest BCUT2D eigenvalue weighted by atomic mass is 9.97. The lowest BCUT2D eigenvalue weighted by Crippen LogP contribution is -2.46. The second kappa shape index (κ2) is 12.1. The highest BCUT2D eigenvalue weighted by molar-refractivity contribution is 7.54. The third-order valence-corrected chi connectivity index (χ3v) is 9.23. The standard InChI is InChI=1S/C26H33ClFN4O8P/c1-14(2)37-23(35)15(3)12-41(36,40-17-8-6-5-7-9-17)39-16(4)19-20(33)26(27,13-28)24(38-19)32-11-10-18-21(32)30-25(29)31-22(18)34/h5-11,14-16,19-20,24,33H,12-13H2,1-4H3,(H3,29,30,31,34)/t15-,16-,19-,20+,24-,26?,41+/m1/s1. The minimum Gasteiger partial charge on any atom is -0.463 e. The number of ether oxygens (including phenoxy) is 2. The zero-order chi connectivity index (χ0) is 30.1. The maximum Gasteiger partial charge on any atom is 0.380 e. The van der Waals surface area contributed by atoms with E-state index in [0.29, 0.717) is 0 Å². The summed E-state index contributed by atoms with van der Waals surface area (Å²) in [4.78, 5) is 29.3. The molecule has 0 saturated carbocycles. The van der Waals surface area contributed by atoms with Gasteiger partial charge in [0.05, 0.1) is 29.7 Å². The number of nitrogens with one attached hydrogen (secondary N) is 1. The summed E-state index contributed by atoms with van der Waals surface area (Å²) >= 11 is 6.62. The molecule has 1 aliphatic rings. The molecule has 15 heteroatoms. The molecule has 224 valence electrons. The van der Waals surface area contributed by atoms with Gasteiger partial charge in [-0.05, 0) is 39.0 Å². The number of aromatic nitrogens is 3. The van der Waals surface area contributed by atoms with Gasteiger partial charge in [-0.25, -0.2) is 8.96 Å². The number of carbonyl (C=O) groups is 1. The van der Waals surface area contributed by atoms with E-state index in [-0.39, 0.29) is 35.0 Å². The summed E-state index contributed by atoms with van der Waals surface area (Å²) < 4.78 is 52.8. The Bertz CT molecular complexity index is 1490. The number of aliphatic hydroxyl groups excluding tert-OH is 1. The number of fused-ring (bicyclic) bond motifs is 1. The smallest absolute Gasteiger partial charge is 0.380 e. The molecule has 1 aliphatic heterocycles. The molecular weight excluding hydrogens is 582 g/mol. The van der Waals surface area contributed by atoms with E-state index in [9.17, 15) is 23.7 Å². The van der Waals surface area contributed by atoms with Crippen LogP contribution in [-0.4, -0.2) is 67.7 Å². The fourth-order valence-corrected chi connectivity index (χ4v) is 7.00. The number of hydrogen-bond donors (Lipinski definition) is 3. The maximum atomic E-state index is 14.5. The molecule has 0 amide bonds. The Morgan fingerprint density at radius 3 is 2.61 bits per heavy atom. The molecule has 1 aromatic carbocycles. The van der Waals surface area contributed by atoms with Crippen LogP contribution in [0.25, 0.3) is 11.0 Å². The van der Waals surface area contributed by atoms with Crippen molar-refractivity contribution in [2.45, 2.75) is 63.2 Å². The van der Waals surface area contributed by atoms with Crippen molar-refractivity contribution < 1.29 is 37.4 Å². The zero-order valence-electron chi connectivity index (χ0n) is 22.9. The number of aromatic amines is 1. The predicted octanol–water partition coefficient (Wildman–Crippen LogP) is 3.78. The highest BCUT2D eigenvalue weighted by Crippen LogP contribution is 2.54. The topological polar surface area (TPSA) is 168 Å². The lowest BCUT2D eigenvalue weighted by Gasteiger charge is -2.29. The molecule has 3 heterocycles. The van der Waals surface area contributed by atoms with Crippen molar-refractivity contribution in [2.75, 3.05) is 18.6 Å². The molecule has 4 N–H and O–H groups in total. The van der Waals surface area contributed by atoms with Gasteiger partial charge in [0.1, 0.15) is 29.5 Å². The molecule has 12 nitrogen and oxygen atoms in total. The number of H-pyrrole nitrogens is 1. The van der Waals surface area contributed by atoms with Crippen molar-refractivity contribution in [1.29, 1.82) is 0 Å². The van der Waals surface area contributed by atoms with Gasteiger partial charge in [-0.2, -0.15) is 4.98 Å².